The number of morpholine rings is 1. The molecule has 0 bridgehead atoms. The number of rotatable bonds is 6. The average Bonchev–Trinajstić information content (AvgIpc) is 2.33. The molecule has 2 atom stereocenters. The number of β-amino-alcohol motifs (C(OH)–C–C–N with tert-alkyl or cyclic N) is 1. The van der Waals surface area contributed by atoms with E-state index < -0.39 is 18.8 Å². The molecule has 130 valence electrons. The van der Waals surface area contributed by atoms with E-state index in [0.717, 1.165) is 24.2 Å². The van der Waals surface area contributed by atoms with E-state index in [2.05, 4.69) is 4.90 Å². The lowest BCUT2D eigenvalue weighted by Crippen LogP contribution is -2.65. The van der Waals surface area contributed by atoms with Gasteiger partial charge < -0.3 is 14.9 Å². The van der Waals surface area contributed by atoms with E-state index in [1.807, 2.05) is 0 Å². The van der Waals surface area contributed by atoms with Gasteiger partial charge >= 0.3 is 6.18 Å². The van der Waals surface area contributed by atoms with Crippen molar-refractivity contribution in [3.63, 3.8) is 0 Å². The maximum atomic E-state index is 12.3. The molecule has 2 unspecified atom stereocenters. The summed E-state index contributed by atoms with van der Waals surface area (Å²) in [6.07, 6.45) is -2.38. The average molecular weight is 326 g/mol. The highest BCUT2D eigenvalue weighted by molar-refractivity contribution is 5.01. The monoisotopic (exact) mass is 326 g/mol. The number of alkyl halides is 3. The Morgan fingerprint density at radius 1 is 1.41 bits per heavy atom. The summed E-state index contributed by atoms with van der Waals surface area (Å²) in [5, 5.41) is 19.4. The predicted octanol–water partition coefficient (Wildman–Crippen LogP) is 0.457. The Bertz CT molecular complexity index is 364. The number of likely N-dealkylation sites (N-methyl/N-ethyl adjacent to an activating group) is 1. The third-order valence-corrected chi connectivity index (χ3v) is 4.57. The number of hydrogen-bond acceptors (Lipinski definition) is 5. The fourth-order valence-corrected chi connectivity index (χ4v) is 3.32. The van der Waals surface area contributed by atoms with Crippen LogP contribution >= 0.6 is 0 Å². The minimum absolute atomic E-state index is 0.0310. The number of ether oxygens (including phenoxy) is 1. The number of halogens is 3. The van der Waals surface area contributed by atoms with Crippen molar-refractivity contribution in [2.75, 3.05) is 46.4 Å². The lowest BCUT2D eigenvalue weighted by molar-refractivity contribution is -0.163. The molecule has 0 radical (unpaired) electrons. The molecule has 8 heteroatoms. The summed E-state index contributed by atoms with van der Waals surface area (Å²) in [6, 6.07) is 0. The maximum Gasteiger partial charge on any atom is 0.401 e. The summed E-state index contributed by atoms with van der Waals surface area (Å²) >= 11 is 0. The molecule has 0 aromatic carbocycles. The smallest absolute Gasteiger partial charge is 0.394 e. The maximum absolute atomic E-state index is 12.3. The Morgan fingerprint density at radius 3 is 2.59 bits per heavy atom. The molecule has 1 saturated carbocycles. The molecule has 1 aliphatic heterocycles. The van der Waals surface area contributed by atoms with Gasteiger partial charge in [-0.05, 0) is 26.3 Å². The Balaban J connectivity index is 1.86. The van der Waals surface area contributed by atoms with Crippen LogP contribution in [0.3, 0.4) is 0 Å². The van der Waals surface area contributed by atoms with Crippen LogP contribution in [0.15, 0.2) is 0 Å². The van der Waals surface area contributed by atoms with Gasteiger partial charge in [0.1, 0.15) is 0 Å². The molecule has 2 rings (SSSR count). The Morgan fingerprint density at radius 2 is 2.09 bits per heavy atom. The first-order valence-corrected chi connectivity index (χ1v) is 7.65. The summed E-state index contributed by atoms with van der Waals surface area (Å²) in [5.41, 5.74) is -0.102. The standard InChI is InChI=1S/C14H25F3N2O3/c1-18(9-14(15,16)17)5-11(21)6-19-7-12(8-20)22-10-13(19)3-2-4-13/h11-12,20-21H,2-10H2,1H3. The summed E-state index contributed by atoms with van der Waals surface area (Å²) in [4.78, 5) is 3.18. The molecule has 1 heterocycles. The van der Waals surface area contributed by atoms with Crippen molar-refractivity contribution in [1.29, 1.82) is 0 Å². The van der Waals surface area contributed by atoms with Gasteiger partial charge in [0, 0.05) is 25.2 Å². The van der Waals surface area contributed by atoms with Crippen molar-refractivity contribution >= 4 is 0 Å². The normalized spacial score (nSPS) is 27.1. The van der Waals surface area contributed by atoms with Gasteiger partial charge in [-0.1, -0.05) is 0 Å². The van der Waals surface area contributed by atoms with Gasteiger partial charge in [0.15, 0.2) is 0 Å². The van der Waals surface area contributed by atoms with Crippen molar-refractivity contribution in [3.8, 4) is 0 Å². The number of nitrogens with zero attached hydrogens (tertiary/aromatic N) is 2. The van der Waals surface area contributed by atoms with E-state index in [9.17, 15) is 23.4 Å². The van der Waals surface area contributed by atoms with E-state index in [0.29, 0.717) is 19.7 Å². The van der Waals surface area contributed by atoms with Gasteiger partial charge in [-0.3, -0.25) is 9.80 Å². The zero-order chi connectivity index (χ0) is 16.4. The van der Waals surface area contributed by atoms with Crippen LogP contribution in [-0.2, 0) is 4.74 Å². The molecule has 1 spiro atoms. The van der Waals surface area contributed by atoms with E-state index in [4.69, 9.17) is 4.74 Å². The SMILES string of the molecule is CN(CC(O)CN1CC(CO)OCC12CCC2)CC(F)(F)F. The molecule has 0 aromatic rings. The fraction of sp³-hybridized carbons (Fsp3) is 1.00. The Labute approximate surface area is 128 Å². The molecule has 2 aliphatic rings. The van der Waals surface area contributed by atoms with Gasteiger partial charge in [0.05, 0.1) is 32.0 Å². The first kappa shape index (κ1) is 17.9. The van der Waals surface area contributed by atoms with Crippen molar-refractivity contribution in [2.24, 2.45) is 0 Å². The van der Waals surface area contributed by atoms with Gasteiger partial charge in [0.25, 0.3) is 0 Å². The molecule has 5 nitrogen and oxygen atoms in total. The van der Waals surface area contributed by atoms with Crippen molar-refractivity contribution in [1.82, 2.24) is 9.80 Å². The first-order valence-electron chi connectivity index (χ1n) is 7.65. The van der Waals surface area contributed by atoms with Gasteiger partial charge in [0.2, 0.25) is 0 Å². The molecule has 2 N–H and O–H groups in total. The van der Waals surface area contributed by atoms with E-state index in [1.54, 1.807) is 0 Å². The zero-order valence-corrected chi connectivity index (χ0v) is 12.8. The van der Waals surface area contributed by atoms with E-state index in [-0.39, 0.29) is 24.8 Å². The number of aliphatic hydroxyl groups is 2. The molecule has 0 aromatic heterocycles. The van der Waals surface area contributed by atoms with Crippen LogP contribution in [0, 0.1) is 0 Å². The van der Waals surface area contributed by atoms with Gasteiger partial charge in [-0.15, -0.1) is 0 Å². The third kappa shape index (κ3) is 4.55. The summed E-state index contributed by atoms with van der Waals surface area (Å²) < 4.78 is 42.6. The van der Waals surface area contributed by atoms with Crippen LogP contribution in [0.4, 0.5) is 13.2 Å². The Kier molecular flexibility index (Phi) is 5.71. The van der Waals surface area contributed by atoms with Crippen LogP contribution in [0.5, 0.6) is 0 Å². The summed E-state index contributed by atoms with van der Waals surface area (Å²) in [5.74, 6) is 0. The Hall–Kier alpha value is -0.410. The second kappa shape index (κ2) is 7.00. The summed E-state index contributed by atoms with van der Waals surface area (Å²) in [7, 11) is 1.35. The predicted molar refractivity (Wildman–Crippen MR) is 74.5 cm³/mol. The highest BCUT2D eigenvalue weighted by Gasteiger charge is 2.47. The largest absolute Gasteiger partial charge is 0.401 e. The van der Waals surface area contributed by atoms with Gasteiger partial charge in [-0.2, -0.15) is 13.2 Å². The lowest BCUT2D eigenvalue weighted by Gasteiger charge is -2.55. The number of hydrogen-bond donors (Lipinski definition) is 2. The molecule has 1 aliphatic carbocycles. The molecule has 0 amide bonds. The minimum atomic E-state index is -4.26. The molecule has 22 heavy (non-hydrogen) atoms. The van der Waals surface area contributed by atoms with Crippen LogP contribution in [0.2, 0.25) is 0 Å². The third-order valence-electron chi connectivity index (χ3n) is 4.57. The lowest BCUT2D eigenvalue weighted by atomic mass is 9.74. The molecular formula is C14H25F3N2O3. The van der Waals surface area contributed by atoms with E-state index >= 15 is 0 Å². The van der Waals surface area contributed by atoms with Crippen LogP contribution in [0.1, 0.15) is 19.3 Å². The van der Waals surface area contributed by atoms with Crippen LogP contribution < -0.4 is 0 Å². The summed E-state index contributed by atoms with van der Waals surface area (Å²) in [6.45, 7) is 0.187. The highest BCUT2D eigenvalue weighted by atomic mass is 19.4. The highest BCUT2D eigenvalue weighted by Crippen LogP contribution is 2.40. The molecule has 1 saturated heterocycles. The van der Waals surface area contributed by atoms with Crippen molar-refractivity contribution in [3.05, 3.63) is 0 Å². The minimum Gasteiger partial charge on any atom is -0.394 e. The quantitative estimate of drug-likeness (QED) is 0.743. The molecule has 2 fully saturated rings. The van der Waals surface area contributed by atoms with E-state index in [1.165, 1.54) is 7.05 Å². The van der Waals surface area contributed by atoms with Crippen molar-refractivity contribution < 1.29 is 28.1 Å². The first-order chi connectivity index (χ1) is 10.2. The molecular weight excluding hydrogens is 301 g/mol. The van der Waals surface area contributed by atoms with Crippen LogP contribution in [-0.4, -0.2) is 90.4 Å². The van der Waals surface area contributed by atoms with Crippen molar-refractivity contribution in [2.45, 2.75) is 43.2 Å². The second-order valence-electron chi connectivity index (χ2n) is 6.56. The second-order valence-corrected chi connectivity index (χ2v) is 6.56. The van der Waals surface area contributed by atoms with Gasteiger partial charge in [-0.25, -0.2) is 0 Å². The van der Waals surface area contributed by atoms with Crippen LogP contribution in [0.25, 0.3) is 0 Å². The zero-order valence-electron chi connectivity index (χ0n) is 12.8. The topological polar surface area (TPSA) is 56.2 Å². The number of aliphatic hydroxyl groups excluding tert-OH is 2. The fourth-order valence-electron chi connectivity index (χ4n) is 3.32.